The molecule has 0 aromatic carbocycles. The lowest BCUT2D eigenvalue weighted by molar-refractivity contribution is -0.127. The van der Waals surface area contributed by atoms with Crippen LogP contribution in [-0.4, -0.2) is 74.0 Å². The standard InChI is InChI=1S/C20H39N5O.HI/c1-3-21-20(23-12-8-16-25-15-7-10-19(25)26)22-11-4-5-13-24-14-6-9-18(2)17-24;/h18H,3-17H2,1-2H3,(H2,21,22,23);1H. The highest BCUT2D eigenvalue weighted by Gasteiger charge is 2.19. The van der Waals surface area contributed by atoms with E-state index < -0.39 is 0 Å². The molecule has 0 radical (unpaired) electrons. The first-order chi connectivity index (χ1) is 12.7. The minimum absolute atomic E-state index is 0. The minimum Gasteiger partial charge on any atom is -0.357 e. The first-order valence-corrected chi connectivity index (χ1v) is 10.7. The summed E-state index contributed by atoms with van der Waals surface area (Å²) in [6.45, 7) is 12.6. The van der Waals surface area contributed by atoms with E-state index in [0.717, 1.165) is 63.9 Å². The van der Waals surface area contributed by atoms with E-state index >= 15 is 0 Å². The van der Waals surface area contributed by atoms with Crippen LogP contribution in [0.25, 0.3) is 0 Å². The van der Waals surface area contributed by atoms with Crippen LogP contribution in [0.15, 0.2) is 4.99 Å². The Hall–Kier alpha value is -0.570. The SMILES string of the molecule is CCNC(=NCCCN1CCCC1=O)NCCCCN1CCCC(C)C1.I. The van der Waals surface area contributed by atoms with Crippen molar-refractivity contribution in [2.75, 3.05) is 52.4 Å². The van der Waals surface area contributed by atoms with Crippen LogP contribution in [0.4, 0.5) is 0 Å². The Morgan fingerprint density at radius 2 is 2.00 bits per heavy atom. The number of nitrogens with one attached hydrogen (secondary N) is 2. The molecule has 2 N–H and O–H groups in total. The van der Waals surface area contributed by atoms with Gasteiger partial charge in [-0.05, 0) is 64.5 Å². The number of guanidine groups is 1. The van der Waals surface area contributed by atoms with Gasteiger partial charge in [0, 0.05) is 45.7 Å². The van der Waals surface area contributed by atoms with Crippen LogP contribution in [0.2, 0.25) is 0 Å². The fraction of sp³-hybridized carbons (Fsp3) is 0.900. The summed E-state index contributed by atoms with van der Waals surface area (Å²) in [5, 5.41) is 6.76. The summed E-state index contributed by atoms with van der Waals surface area (Å²) in [7, 11) is 0. The van der Waals surface area contributed by atoms with E-state index in [0.29, 0.717) is 5.91 Å². The largest absolute Gasteiger partial charge is 0.357 e. The number of rotatable bonds is 10. The molecule has 0 saturated carbocycles. The highest BCUT2D eigenvalue weighted by molar-refractivity contribution is 14.0. The van der Waals surface area contributed by atoms with E-state index in [1.807, 2.05) is 4.90 Å². The Morgan fingerprint density at radius 1 is 1.15 bits per heavy atom. The molecule has 0 aromatic heterocycles. The minimum atomic E-state index is 0. The smallest absolute Gasteiger partial charge is 0.222 e. The molecule has 27 heavy (non-hydrogen) atoms. The van der Waals surface area contributed by atoms with Crippen LogP contribution < -0.4 is 10.6 Å². The Balaban J connectivity index is 0.00000364. The van der Waals surface area contributed by atoms with E-state index in [9.17, 15) is 4.79 Å². The third kappa shape index (κ3) is 9.96. The van der Waals surface area contributed by atoms with Gasteiger partial charge in [0.1, 0.15) is 0 Å². The predicted octanol–water partition coefficient (Wildman–Crippen LogP) is 2.68. The molecule has 1 atom stereocenters. The summed E-state index contributed by atoms with van der Waals surface area (Å²) >= 11 is 0. The summed E-state index contributed by atoms with van der Waals surface area (Å²) in [5.41, 5.74) is 0. The number of hydrogen-bond donors (Lipinski definition) is 2. The monoisotopic (exact) mass is 493 g/mol. The maximum atomic E-state index is 11.6. The number of aliphatic imine (C=N–C) groups is 1. The molecule has 1 unspecified atom stereocenters. The molecule has 0 aromatic rings. The van der Waals surface area contributed by atoms with Crippen LogP contribution in [0.1, 0.15) is 58.8 Å². The lowest BCUT2D eigenvalue weighted by atomic mass is 10.0. The van der Waals surface area contributed by atoms with Gasteiger partial charge in [-0.25, -0.2) is 0 Å². The molecule has 6 nitrogen and oxygen atoms in total. The fourth-order valence-electron chi connectivity index (χ4n) is 3.89. The van der Waals surface area contributed by atoms with Gasteiger partial charge in [0.15, 0.2) is 5.96 Å². The number of carbonyl (C=O) groups is 1. The third-order valence-electron chi connectivity index (χ3n) is 5.31. The van der Waals surface area contributed by atoms with Crippen LogP contribution in [0, 0.1) is 5.92 Å². The predicted molar refractivity (Wildman–Crippen MR) is 124 cm³/mol. The Labute approximate surface area is 182 Å². The second-order valence-corrected chi connectivity index (χ2v) is 7.78. The van der Waals surface area contributed by atoms with Crippen LogP contribution >= 0.6 is 24.0 Å². The molecule has 0 aliphatic carbocycles. The normalized spacial score (nSPS) is 21.3. The number of carbonyl (C=O) groups excluding carboxylic acids is 1. The number of hydrogen-bond acceptors (Lipinski definition) is 3. The van der Waals surface area contributed by atoms with E-state index in [1.165, 1.54) is 45.3 Å². The van der Waals surface area contributed by atoms with Crippen molar-refractivity contribution >= 4 is 35.8 Å². The zero-order chi connectivity index (χ0) is 18.6. The van der Waals surface area contributed by atoms with Crippen LogP contribution in [0.5, 0.6) is 0 Å². The summed E-state index contributed by atoms with van der Waals surface area (Å²) in [5.74, 6) is 2.08. The third-order valence-corrected chi connectivity index (χ3v) is 5.31. The van der Waals surface area contributed by atoms with Crippen molar-refractivity contribution < 1.29 is 4.79 Å². The molecule has 0 spiro atoms. The highest BCUT2D eigenvalue weighted by atomic mass is 127. The Kier molecular flexibility index (Phi) is 13.1. The van der Waals surface area contributed by atoms with Crippen molar-refractivity contribution in [3.63, 3.8) is 0 Å². The molecule has 2 saturated heterocycles. The van der Waals surface area contributed by atoms with E-state index in [-0.39, 0.29) is 24.0 Å². The van der Waals surface area contributed by atoms with Crippen molar-refractivity contribution in [1.29, 1.82) is 0 Å². The first kappa shape index (κ1) is 24.5. The van der Waals surface area contributed by atoms with Gasteiger partial charge in [0.25, 0.3) is 0 Å². The van der Waals surface area contributed by atoms with Crippen molar-refractivity contribution in [1.82, 2.24) is 20.4 Å². The first-order valence-electron chi connectivity index (χ1n) is 10.7. The zero-order valence-electron chi connectivity index (χ0n) is 17.3. The van der Waals surface area contributed by atoms with Gasteiger partial charge >= 0.3 is 0 Å². The van der Waals surface area contributed by atoms with Gasteiger partial charge in [-0.3, -0.25) is 9.79 Å². The summed E-state index contributed by atoms with van der Waals surface area (Å²) in [6.07, 6.45) is 7.86. The number of unbranched alkanes of at least 4 members (excludes halogenated alkanes) is 1. The topological polar surface area (TPSA) is 60.0 Å². The van der Waals surface area contributed by atoms with E-state index in [1.54, 1.807) is 0 Å². The zero-order valence-corrected chi connectivity index (χ0v) is 19.7. The summed E-state index contributed by atoms with van der Waals surface area (Å²) in [4.78, 5) is 20.8. The van der Waals surface area contributed by atoms with Gasteiger partial charge in [-0.1, -0.05) is 6.92 Å². The molecule has 2 aliphatic heterocycles. The lowest BCUT2D eigenvalue weighted by Gasteiger charge is -2.30. The number of likely N-dealkylation sites (tertiary alicyclic amines) is 2. The maximum absolute atomic E-state index is 11.6. The number of piperidine rings is 1. The van der Waals surface area contributed by atoms with Crippen molar-refractivity contribution in [3.8, 4) is 0 Å². The number of halogens is 1. The maximum Gasteiger partial charge on any atom is 0.222 e. The molecule has 0 bridgehead atoms. The van der Waals surface area contributed by atoms with Gasteiger partial charge in [-0.15, -0.1) is 24.0 Å². The lowest BCUT2D eigenvalue weighted by Crippen LogP contribution is -2.38. The number of amides is 1. The average Bonchev–Trinajstić information content (AvgIpc) is 3.03. The van der Waals surface area contributed by atoms with Gasteiger partial charge < -0.3 is 20.4 Å². The molecule has 2 heterocycles. The van der Waals surface area contributed by atoms with E-state index in [4.69, 9.17) is 0 Å². The van der Waals surface area contributed by atoms with Gasteiger partial charge in [0.2, 0.25) is 5.91 Å². The quantitative estimate of drug-likeness (QED) is 0.213. The molecule has 1 amide bonds. The summed E-state index contributed by atoms with van der Waals surface area (Å²) in [6, 6.07) is 0. The van der Waals surface area contributed by atoms with Crippen molar-refractivity contribution in [2.45, 2.75) is 58.8 Å². The Morgan fingerprint density at radius 3 is 2.70 bits per heavy atom. The van der Waals surface area contributed by atoms with Gasteiger partial charge in [0.05, 0.1) is 0 Å². The number of nitrogens with zero attached hydrogens (tertiary/aromatic N) is 3. The summed E-state index contributed by atoms with van der Waals surface area (Å²) < 4.78 is 0. The molecule has 2 aliphatic rings. The second kappa shape index (κ2) is 14.4. The molecule has 2 fully saturated rings. The Bertz CT molecular complexity index is 446. The van der Waals surface area contributed by atoms with Crippen LogP contribution in [0.3, 0.4) is 0 Å². The van der Waals surface area contributed by atoms with Crippen LogP contribution in [-0.2, 0) is 4.79 Å². The second-order valence-electron chi connectivity index (χ2n) is 7.78. The fourth-order valence-corrected chi connectivity index (χ4v) is 3.89. The van der Waals surface area contributed by atoms with Crippen molar-refractivity contribution in [2.24, 2.45) is 10.9 Å². The molecule has 2 rings (SSSR count). The molecular formula is C20H40IN5O. The van der Waals surface area contributed by atoms with E-state index in [2.05, 4.69) is 34.4 Å². The highest BCUT2D eigenvalue weighted by Crippen LogP contribution is 2.15. The van der Waals surface area contributed by atoms with Gasteiger partial charge in [-0.2, -0.15) is 0 Å². The molecule has 158 valence electrons. The average molecular weight is 493 g/mol. The molecule has 7 heteroatoms. The van der Waals surface area contributed by atoms with Crippen molar-refractivity contribution in [3.05, 3.63) is 0 Å². The molecular weight excluding hydrogens is 453 g/mol.